The Morgan fingerprint density at radius 2 is 2.00 bits per heavy atom. The van der Waals surface area contributed by atoms with Crippen molar-refractivity contribution in [3.8, 4) is 5.82 Å². The number of hydrogen-bond donors (Lipinski definition) is 1. The Hall–Kier alpha value is -2.44. The van der Waals surface area contributed by atoms with Crippen LogP contribution in [-0.4, -0.2) is 48.9 Å². The van der Waals surface area contributed by atoms with Gasteiger partial charge in [-0.15, -0.1) is 10.2 Å². The van der Waals surface area contributed by atoms with E-state index in [9.17, 15) is 4.79 Å². The van der Waals surface area contributed by atoms with Crippen LogP contribution in [0.4, 0.5) is 5.82 Å². The number of likely N-dealkylation sites (tertiary alicyclic amines) is 1. The summed E-state index contributed by atoms with van der Waals surface area (Å²) in [5.74, 6) is 1.51. The standard InChI is InChI=1S/C16H22N6O/c1-11-7-8-22(20-11)14-6-5-13(18-19-14)17-12-9-15(23)21(10-12)16(2,3)4/h5-8,12H,9-10H2,1-4H3,(H,17,18). The van der Waals surface area contributed by atoms with E-state index in [1.807, 2.05) is 57.0 Å². The molecular formula is C16H22N6O. The molecule has 1 atom stereocenters. The maximum Gasteiger partial charge on any atom is 0.225 e. The van der Waals surface area contributed by atoms with Crippen LogP contribution in [0.25, 0.3) is 5.82 Å². The van der Waals surface area contributed by atoms with Crippen molar-refractivity contribution >= 4 is 11.7 Å². The van der Waals surface area contributed by atoms with Crippen LogP contribution in [0.3, 0.4) is 0 Å². The normalized spacial score (nSPS) is 18.5. The molecule has 1 N–H and O–H groups in total. The van der Waals surface area contributed by atoms with E-state index in [4.69, 9.17) is 0 Å². The Morgan fingerprint density at radius 3 is 2.52 bits per heavy atom. The molecule has 7 nitrogen and oxygen atoms in total. The summed E-state index contributed by atoms with van der Waals surface area (Å²) in [5.41, 5.74) is 0.779. The summed E-state index contributed by atoms with van der Waals surface area (Å²) in [7, 11) is 0. The van der Waals surface area contributed by atoms with Gasteiger partial charge in [0.05, 0.1) is 11.7 Å². The Bertz CT molecular complexity index is 700. The van der Waals surface area contributed by atoms with E-state index in [0.717, 1.165) is 5.69 Å². The number of nitrogens with zero attached hydrogens (tertiary/aromatic N) is 5. The fraction of sp³-hybridized carbons (Fsp3) is 0.500. The van der Waals surface area contributed by atoms with Gasteiger partial charge in [-0.3, -0.25) is 4.79 Å². The first kappa shape index (κ1) is 15.5. The topological polar surface area (TPSA) is 75.9 Å². The van der Waals surface area contributed by atoms with E-state index in [-0.39, 0.29) is 17.5 Å². The Labute approximate surface area is 135 Å². The second-order valence-corrected chi connectivity index (χ2v) is 6.90. The van der Waals surface area contributed by atoms with Gasteiger partial charge in [-0.25, -0.2) is 4.68 Å². The predicted molar refractivity (Wildman–Crippen MR) is 87.4 cm³/mol. The lowest BCUT2D eigenvalue weighted by molar-refractivity contribution is -0.131. The summed E-state index contributed by atoms with van der Waals surface area (Å²) < 4.78 is 1.69. The van der Waals surface area contributed by atoms with Gasteiger partial charge in [0.2, 0.25) is 5.91 Å². The minimum Gasteiger partial charge on any atom is -0.364 e. The van der Waals surface area contributed by atoms with E-state index >= 15 is 0 Å². The number of aryl methyl sites for hydroxylation is 1. The molecule has 1 amide bonds. The van der Waals surface area contributed by atoms with Crippen molar-refractivity contribution in [1.82, 2.24) is 24.9 Å². The van der Waals surface area contributed by atoms with E-state index in [0.29, 0.717) is 24.6 Å². The number of rotatable bonds is 3. The monoisotopic (exact) mass is 314 g/mol. The highest BCUT2D eigenvalue weighted by Crippen LogP contribution is 2.23. The molecule has 23 heavy (non-hydrogen) atoms. The van der Waals surface area contributed by atoms with E-state index in [1.165, 1.54) is 0 Å². The van der Waals surface area contributed by atoms with Gasteiger partial charge in [-0.1, -0.05) is 0 Å². The molecule has 0 aliphatic carbocycles. The molecule has 1 fully saturated rings. The fourth-order valence-corrected chi connectivity index (χ4v) is 2.73. The number of carbonyl (C=O) groups is 1. The van der Waals surface area contributed by atoms with Gasteiger partial charge in [-0.2, -0.15) is 5.10 Å². The smallest absolute Gasteiger partial charge is 0.225 e. The van der Waals surface area contributed by atoms with Gasteiger partial charge >= 0.3 is 0 Å². The minimum atomic E-state index is -0.152. The van der Waals surface area contributed by atoms with Crippen LogP contribution in [0.15, 0.2) is 24.4 Å². The lowest BCUT2D eigenvalue weighted by atomic mass is 10.1. The molecule has 0 spiro atoms. The molecule has 7 heteroatoms. The van der Waals surface area contributed by atoms with Crippen LogP contribution in [0.1, 0.15) is 32.9 Å². The van der Waals surface area contributed by atoms with Crippen molar-refractivity contribution in [2.24, 2.45) is 0 Å². The van der Waals surface area contributed by atoms with Crippen molar-refractivity contribution in [3.05, 3.63) is 30.1 Å². The van der Waals surface area contributed by atoms with Crippen LogP contribution < -0.4 is 5.32 Å². The summed E-state index contributed by atoms with van der Waals surface area (Å²) in [6, 6.07) is 5.71. The number of amides is 1. The summed E-state index contributed by atoms with van der Waals surface area (Å²) in [6.07, 6.45) is 2.34. The van der Waals surface area contributed by atoms with Gasteiger partial charge < -0.3 is 10.2 Å². The second kappa shape index (κ2) is 5.64. The zero-order chi connectivity index (χ0) is 16.6. The van der Waals surface area contributed by atoms with Crippen molar-refractivity contribution in [2.45, 2.75) is 45.7 Å². The number of aromatic nitrogens is 4. The fourth-order valence-electron chi connectivity index (χ4n) is 2.73. The van der Waals surface area contributed by atoms with Crippen LogP contribution in [0.5, 0.6) is 0 Å². The zero-order valence-electron chi connectivity index (χ0n) is 13.9. The highest BCUT2D eigenvalue weighted by molar-refractivity contribution is 5.80. The molecule has 2 aromatic heterocycles. The molecule has 0 bridgehead atoms. The lowest BCUT2D eigenvalue weighted by Gasteiger charge is -2.32. The lowest BCUT2D eigenvalue weighted by Crippen LogP contribution is -2.43. The Morgan fingerprint density at radius 1 is 1.22 bits per heavy atom. The molecule has 122 valence electrons. The second-order valence-electron chi connectivity index (χ2n) is 6.90. The molecule has 1 aliphatic rings. The molecule has 0 radical (unpaired) electrons. The van der Waals surface area contributed by atoms with E-state index in [2.05, 4.69) is 20.6 Å². The third-order valence-electron chi connectivity index (χ3n) is 3.89. The van der Waals surface area contributed by atoms with Crippen LogP contribution in [-0.2, 0) is 4.79 Å². The minimum absolute atomic E-state index is 0.0637. The summed E-state index contributed by atoms with van der Waals surface area (Å²) >= 11 is 0. The van der Waals surface area contributed by atoms with Crippen LogP contribution in [0, 0.1) is 6.92 Å². The SMILES string of the molecule is Cc1ccn(-c2ccc(NC3CC(=O)N(C(C)(C)C)C3)nn2)n1. The first-order valence-electron chi connectivity index (χ1n) is 7.76. The summed E-state index contributed by atoms with van der Waals surface area (Å²) in [5, 5.41) is 16.0. The van der Waals surface area contributed by atoms with Gasteiger partial charge in [0.15, 0.2) is 5.82 Å². The molecule has 1 aliphatic heterocycles. The van der Waals surface area contributed by atoms with Crippen molar-refractivity contribution in [3.63, 3.8) is 0 Å². The van der Waals surface area contributed by atoms with Gasteiger partial charge in [0.1, 0.15) is 5.82 Å². The average Bonchev–Trinajstić information content (AvgIpc) is 3.05. The summed E-state index contributed by atoms with van der Waals surface area (Å²) in [4.78, 5) is 14.0. The predicted octanol–water partition coefficient (Wildman–Crippen LogP) is 1.78. The first-order chi connectivity index (χ1) is 10.8. The van der Waals surface area contributed by atoms with Crippen LogP contribution >= 0.6 is 0 Å². The molecule has 3 rings (SSSR count). The van der Waals surface area contributed by atoms with E-state index < -0.39 is 0 Å². The molecule has 0 aromatic carbocycles. The Kier molecular flexibility index (Phi) is 3.79. The number of nitrogens with one attached hydrogen (secondary N) is 1. The van der Waals surface area contributed by atoms with Gasteiger partial charge in [0.25, 0.3) is 0 Å². The Balaban J connectivity index is 1.66. The first-order valence-corrected chi connectivity index (χ1v) is 7.76. The largest absolute Gasteiger partial charge is 0.364 e. The number of hydrogen-bond acceptors (Lipinski definition) is 5. The third kappa shape index (κ3) is 3.33. The van der Waals surface area contributed by atoms with Crippen LogP contribution in [0.2, 0.25) is 0 Å². The summed E-state index contributed by atoms with van der Waals surface area (Å²) in [6.45, 7) is 8.76. The van der Waals surface area contributed by atoms with Gasteiger partial charge in [-0.05, 0) is 45.9 Å². The molecule has 0 saturated carbocycles. The third-order valence-corrected chi connectivity index (χ3v) is 3.89. The number of anilines is 1. The highest BCUT2D eigenvalue weighted by Gasteiger charge is 2.36. The molecule has 2 aromatic rings. The quantitative estimate of drug-likeness (QED) is 0.934. The highest BCUT2D eigenvalue weighted by atomic mass is 16.2. The van der Waals surface area contributed by atoms with Crippen molar-refractivity contribution < 1.29 is 4.79 Å². The van der Waals surface area contributed by atoms with Gasteiger partial charge in [0, 0.05) is 24.7 Å². The molecule has 3 heterocycles. The van der Waals surface area contributed by atoms with Crippen molar-refractivity contribution in [1.29, 1.82) is 0 Å². The molecule has 1 unspecified atom stereocenters. The molecular weight excluding hydrogens is 292 g/mol. The maximum absolute atomic E-state index is 12.1. The van der Waals surface area contributed by atoms with E-state index in [1.54, 1.807) is 4.68 Å². The maximum atomic E-state index is 12.1. The molecule has 1 saturated heterocycles. The van der Waals surface area contributed by atoms with Crippen molar-refractivity contribution in [2.75, 3.05) is 11.9 Å². The average molecular weight is 314 g/mol. The number of carbonyl (C=O) groups excluding carboxylic acids is 1. The zero-order valence-corrected chi connectivity index (χ0v) is 13.9.